The Morgan fingerprint density at radius 2 is 1.19 bits per heavy atom. The number of thiocarbonyl (C=S) groups is 1. The van der Waals surface area contributed by atoms with Crippen LogP contribution in [0.3, 0.4) is 0 Å². The van der Waals surface area contributed by atoms with E-state index in [1.165, 1.54) is 5.49 Å². The summed E-state index contributed by atoms with van der Waals surface area (Å²) in [5, 5.41) is 2.92. The highest BCUT2D eigenvalue weighted by Crippen LogP contribution is 2.28. The molecule has 0 amide bonds. The van der Waals surface area contributed by atoms with Crippen molar-refractivity contribution in [3.63, 3.8) is 0 Å². The van der Waals surface area contributed by atoms with Crippen LogP contribution in [0, 0.1) is 0 Å². The number of carbonyl (C=O) groups is 1. The number of esters is 1. The maximum absolute atomic E-state index is 12.9. The van der Waals surface area contributed by atoms with Crippen molar-refractivity contribution in [1.82, 2.24) is 5.32 Å². The third kappa shape index (κ3) is 4.35. The van der Waals surface area contributed by atoms with Crippen molar-refractivity contribution in [2.75, 3.05) is 0 Å². The molecule has 0 aliphatic rings. The summed E-state index contributed by atoms with van der Waals surface area (Å²) >= 11 is 4.90. The number of hydrogen-bond acceptors (Lipinski definition) is 3. The van der Waals surface area contributed by atoms with Gasteiger partial charge in [-0.05, 0) is 16.7 Å². The molecule has 3 aromatic carbocycles. The molecule has 0 radical (unpaired) electrons. The first-order valence-electron chi connectivity index (χ1n) is 8.34. The third-order valence-corrected chi connectivity index (χ3v) is 4.18. The summed E-state index contributed by atoms with van der Waals surface area (Å²) in [7, 11) is 0. The van der Waals surface area contributed by atoms with Crippen LogP contribution in [0.2, 0.25) is 0 Å². The van der Waals surface area contributed by atoms with Crippen molar-refractivity contribution in [1.29, 1.82) is 0 Å². The molecule has 1 unspecified atom stereocenters. The Hall–Kier alpha value is -2.98. The SMILES string of the molecule is O=C(OC(c1ccccc1)c1ccccc1)C(NC=S)c1ccccc1. The Morgan fingerprint density at radius 1 is 0.769 bits per heavy atom. The van der Waals surface area contributed by atoms with Crippen LogP contribution in [0.5, 0.6) is 0 Å². The van der Waals surface area contributed by atoms with Gasteiger partial charge >= 0.3 is 5.97 Å². The van der Waals surface area contributed by atoms with Crippen LogP contribution >= 0.6 is 12.2 Å². The quantitative estimate of drug-likeness (QED) is 0.493. The van der Waals surface area contributed by atoms with Crippen LogP contribution in [0.25, 0.3) is 0 Å². The van der Waals surface area contributed by atoms with Gasteiger partial charge in [0.25, 0.3) is 0 Å². The highest BCUT2D eigenvalue weighted by molar-refractivity contribution is 7.78. The molecule has 26 heavy (non-hydrogen) atoms. The standard InChI is InChI=1S/C22H19NO2S/c24-22(20(23-16-26)17-10-4-1-5-11-17)25-21(18-12-6-2-7-13-18)19-14-8-3-9-15-19/h1-16,20-21H,(H,23,26). The predicted molar refractivity (Wildman–Crippen MR) is 107 cm³/mol. The van der Waals surface area contributed by atoms with E-state index >= 15 is 0 Å². The van der Waals surface area contributed by atoms with Crippen LogP contribution in [0.1, 0.15) is 28.8 Å². The minimum atomic E-state index is -0.649. The highest BCUT2D eigenvalue weighted by Gasteiger charge is 2.26. The molecule has 1 atom stereocenters. The number of rotatable bonds is 7. The summed E-state index contributed by atoms with van der Waals surface area (Å²) < 4.78 is 5.92. The zero-order chi connectivity index (χ0) is 18.2. The van der Waals surface area contributed by atoms with Crippen molar-refractivity contribution in [2.45, 2.75) is 12.1 Å². The van der Waals surface area contributed by atoms with E-state index in [1.54, 1.807) is 0 Å². The van der Waals surface area contributed by atoms with Crippen LogP contribution in [0.15, 0.2) is 91.0 Å². The smallest absolute Gasteiger partial charge is 0.334 e. The normalized spacial score (nSPS) is 11.6. The van der Waals surface area contributed by atoms with Gasteiger partial charge in [-0.1, -0.05) is 103 Å². The van der Waals surface area contributed by atoms with E-state index in [1.807, 2.05) is 91.0 Å². The molecule has 0 aliphatic heterocycles. The molecule has 3 aromatic rings. The summed E-state index contributed by atoms with van der Waals surface area (Å²) in [5.41, 5.74) is 3.99. The fraction of sp³-hybridized carbons (Fsp3) is 0.0909. The monoisotopic (exact) mass is 361 g/mol. The lowest BCUT2D eigenvalue weighted by Gasteiger charge is -2.23. The van der Waals surface area contributed by atoms with Crippen molar-refractivity contribution in [3.8, 4) is 0 Å². The molecule has 4 heteroatoms. The second-order valence-electron chi connectivity index (χ2n) is 5.77. The summed E-state index contributed by atoms with van der Waals surface area (Å²) in [6.45, 7) is 0. The van der Waals surface area contributed by atoms with E-state index in [-0.39, 0.29) is 5.97 Å². The molecule has 0 spiro atoms. The number of carbonyl (C=O) groups excluding carboxylic acids is 1. The van der Waals surface area contributed by atoms with Gasteiger partial charge in [0.2, 0.25) is 0 Å². The second-order valence-corrected chi connectivity index (χ2v) is 6.00. The first-order chi connectivity index (χ1) is 12.8. The lowest BCUT2D eigenvalue weighted by Crippen LogP contribution is -2.30. The zero-order valence-corrected chi connectivity index (χ0v) is 14.9. The van der Waals surface area contributed by atoms with Crippen molar-refractivity contribution < 1.29 is 9.53 Å². The average molecular weight is 361 g/mol. The van der Waals surface area contributed by atoms with Crippen LogP contribution in [-0.2, 0) is 9.53 Å². The van der Waals surface area contributed by atoms with Gasteiger partial charge in [-0.15, -0.1) is 0 Å². The molecular weight excluding hydrogens is 342 g/mol. The van der Waals surface area contributed by atoms with Gasteiger partial charge in [0.15, 0.2) is 12.1 Å². The predicted octanol–water partition coefficient (Wildman–Crippen LogP) is 4.61. The van der Waals surface area contributed by atoms with Gasteiger partial charge in [0.1, 0.15) is 0 Å². The van der Waals surface area contributed by atoms with E-state index in [0.29, 0.717) is 0 Å². The summed E-state index contributed by atoms with van der Waals surface area (Å²) in [6.07, 6.45) is -0.483. The van der Waals surface area contributed by atoms with Crippen LogP contribution < -0.4 is 5.32 Å². The molecule has 0 bridgehead atoms. The highest BCUT2D eigenvalue weighted by atomic mass is 32.1. The number of nitrogens with one attached hydrogen (secondary N) is 1. The Morgan fingerprint density at radius 3 is 1.62 bits per heavy atom. The molecule has 0 heterocycles. The summed E-state index contributed by atoms with van der Waals surface area (Å²) in [6, 6.07) is 28.2. The molecule has 3 nitrogen and oxygen atoms in total. The van der Waals surface area contributed by atoms with Crippen LogP contribution in [-0.4, -0.2) is 11.5 Å². The molecule has 0 aliphatic carbocycles. The van der Waals surface area contributed by atoms with E-state index in [2.05, 4.69) is 5.32 Å². The fourth-order valence-corrected chi connectivity index (χ4v) is 2.92. The molecule has 0 aromatic heterocycles. The van der Waals surface area contributed by atoms with E-state index in [4.69, 9.17) is 17.0 Å². The Kier molecular flexibility index (Phi) is 6.12. The second kappa shape index (κ2) is 8.92. The van der Waals surface area contributed by atoms with Gasteiger partial charge < -0.3 is 10.1 Å². The fourth-order valence-electron chi connectivity index (χ4n) is 2.78. The molecular formula is C22H19NO2S. The van der Waals surface area contributed by atoms with Gasteiger partial charge in [-0.25, -0.2) is 4.79 Å². The van der Waals surface area contributed by atoms with Gasteiger partial charge in [0, 0.05) is 0 Å². The van der Waals surface area contributed by atoms with Gasteiger partial charge in [-0.2, -0.15) is 0 Å². The molecule has 0 saturated heterocycles. The molecule has 3 rings (SSSR count). The van der Waals surface area contributed by atoms with Crippen molar-refractivity contribution in [3.05, 3.63) is 108 Å². The average Bonchev–Trinajstić information content (AvgIpc) is 2.72. The van der Waals surface area contributed by atoms with Gasteiger partial charge in [0.05, 0.1) is 5.49 Å². The maximum atomic E-state index is 12.9. The zero-order valence-electron chi connectivity index (χ0n) is 14.1. The lowest BCUT2D eigenvalue weighted by molar-refractivity contribution is -0.149. The van der Waals surface area contributed by atoms with E-state index in [0.717, 1.165) is 16.7 Å². The van der Waals surface area contributed by atoms with E-state index < -0.39 is 12.1 Å². The largest absolute Gasteiger partial charge is 0.451 e. The molecule has 1 N–H and O–H groups in total. The van der Waals surface area contributed by atoms with Crippen LogP contribution in [0.4, 0.5) is 0 Å². The molecule has 130 valence electrons. The van der Waals surface area contributed by atoms with Gasteiger partial charge in [-0.3, -0.25) is 0 Å². The maximum Gasteiger partial charge on any atom is 0.334 e. The van der Waals surface area contributed by atoms with Crippen molar-refractivity contribution >= 4 is 23.7 Å². The first kappa shape index (κ1) is 17.8. The molecule has 0 fully saturated rings. The number of ether oxygens (including phenoxy) is 1. The molecule has 0 saturated carbocycles. The third-order valence-electron chi connectivity index (χ3n) is 4.04. The Bertz CT molecular complexity index is 798. The summed E-state index contributed by atoms with van der Waals surface area (Å²) in [5.74, 6) is -0.380. The minimum absolute atomic E-state index is 0.380. The lowest BCUT2D eigenvalue weighted by atomic mass is 10.0. The number of benzene rings is 3. The summed E-state index contributed by atoms with van der Waals surface area (Å²) in [4.78, 5) is 12.9. The number of hydrogen-bond donors (Lipinski definition) is 1. The first-order valence-corrected chi connectivity index (χ1v) is 8.82. The van der Waals surface area contributed by atoms with Crippen molar-refractivity contribution in [2.24, 2.45) is 0 Å². The Labute approximate surface area is 158 Å². The topological polar surface area (TPSA) is 38.3 Å². The Balaban J connectivity index is 1.90. The minimum Gasteiger partial charge on any atom is -0.451 e. The van der Waals surface area contributed by atoms with E-state index in [9.17, 15) is 4.79 Å².